The van der Waals surface area contributed by atoms with Gasteiger partial charge in [0.15, 0.2) is 0 Å². The molecule has 2 amide bonds. The minimum absolute atomic E-state index is 0.0187. The van der Waals surface area contributed by atoms with Crippen molar-refractivity contribution in [1.82, 2.24) is 10.6 Å². The Morgan fingerprint density at radius 3 is 2.84 bits per heavy atom. The number of para-hydroxylation sites is 1. The lowest BCUT2D eigenvalue weighted by Gasteiger charge is -2.60. The van der Waals surface area contributed by atoms with Crippen LogP contribution < -0.4 is 20.7 Å². The molecule has 0 saturated heterocycles. The van der Waals surface area contributed by atoms with Crippen LogP contribution in [0.5, 0.6) is 5.75 Å². The number of carbonyl (C=O) groups is 2. The number of hydrogen-bond acceptors (Lipinski definition) is 4. The van der Waals surface area contributed by atoms with E-state index in [4.69, 9.17) is 4.74 Å². The Hall–Kier alpha value is -3.02. The van der Waals surface area contributed by atoms with E-state index in [1.807, 2.05) is 42.5 Å². The lowest BCUT2D eigenvalue weighted by Crippen LogP contribution is -2.70. The number of fused-ring (bicyclic) bond motifs is 3. The zero-order chi connectivity index (χ0) is 22.3. The fourth-order valence-corrected chi connectivity index (χ4v) is 6.13. The molecule has 2 aromatic carbocycles. The smallest absolute Gasteiger partial charge is 0.255 e. The minimum Gasteiger partial charge on any atom is -0.497 e. The third-order valence-corrected chi connectivity index (χ3v) is 7.83. The third-order valence-electron chi connectivity index (χ3n) is 7.83. The van der Waals surface area contributed by atoms with Gasteiger partial charge >= 0.3 is 0 Å². The minimum atomic E-state index is -0.462. The molecule has 1 spiro atoms. The lowest BCUT2D eigenvalue weighted by molar-refractivity contribution is -0.139. The molecule has 3 saturated carbocycles. The fourth-order valence-electron chi connectivity index (χ4n) is 6.13. The standard InChI is InChI=1S/C26H31N3O3/c1-25-12-10-18(26(16-25)28-22-9-4-3-8-20(22)23(30)29-26)15-21(25)24(31)27-13-11-17-6-5-7-19(14-17)32-2/h3-9,14,18,21,28H,10-13,15-16H2,1-2H3,(H,27,31)(H,29,30)/t18?,21?,25?,26-/m0/s1. The molecule has 3 aliphatic carbocycles. The van der Waals surface area contributed by atoms with E-state index in [9.17, 15) is 9.59 Å². The highest BCUT2D eigenvalue weighted by Crippen LogP contribution is 2.58. The maximum Gasteiger partial charge on any atom is 0.255 e. The molecule has 3 N–H and O–H groups in total. The Labute approximate surface area is 189 Å². The van der Waals surface area contributed by atoms with Gasteiger partial charge in [0.25, 0.3) is 5.91 Å². The topological polar surface area (TPSA) is 79.5 Å². The van der Waals surface area contributed by atoms with Gasteiger partial charge in [0, 0.05) is 24.1 Å². The van der Waals surface area contributed by atoms with E-state index in [2.05, 4.69) is 28.9 Å². The second kappa shape index (κ2) is 7.84. The molecule has 3 fully saturated rings. The normalized spacial score (nSPS) is 30.2. The first kappa shape index (κ1) is 20.9. The molecule has 32 heavy (non-hydrogen) atoms. The molecule has 6 heteroatoms. The highest BCUT2D eigenvalue weighted by molar-refractivity contribution is 6.02. The van der Waals surface area contributed by atoms with Crippen molar-refractivity contribution >= 4 is 17.5 Å². The number of carbonyl (C=O) groups excluding carboxylic acids is 2. The number of amides is 2. The molecule has 1 heterocycles. The Morgan fingerprint density at radius 1 is 1.19 bits per heavy atom. The largest absolute Gasteiger partial charge is 0.497 e. The van der Waals surface area contributed by atoms with Gasteiger partial charge in [0.05, 0.1) is 12.7 Å². The molecule has 0 aromatic heterocycles. The van der Waals surface area contributed by atoms with E-state index in [-0.39, 0.29) is 29.1 Å². The molecule has 3 unspecified atom stereocenters. The molecule has 2 aromatic rings. The van der Waals surface area contributed by atoms with E-state index >= 15 is 0 Å². The van der Waals surface area contributed by atoms with Crippen LogP contribution in [0.25, 0.3) is 0 Å². The predicted molar refractivity (Wildman–Crippen MR) is 124 cm³/mol. The number of ether oxygens (including phenoxy) is 1. The van der Waals surface area contributed by atoms with Gasteiger partial charge in [-0.15, -0.1) is 0 Å². The van der Waals surface area contributed by atoms with Crippen molar-refractivity contribution in [3.05, 3.63) is 59.7 Å². The van der Waals surface area contributed by atoms with Gasteiger partial charge in [-0.3, -0.25) is 9.59 Å². The lowest BCUT2D eigenvalue weighted by atomic mass is 9.51. The van der Waals surface area contributed by atoms with Crippen molar-refractivity contribution in [2.75, 3.05) is 19.0 Å². The summed E-state index contributed by atoms with van der Waals surface area (Å²) in [5, 5.41) is 10.1. The van der Waals surface area contributed by atoms with Gasteiger partial charge in [-0.25, -0.2) is 0 Å². The van der Waals surface area contributed by atoms with Crippen molar-refractivity contribution in [3.8, 4) is 5.75 Å². The second-order valence-electron chi connectivity index (χ2n) is 9.84. The quantitative estimate of drug-likeness (QED) is 0.671. The van der Waals surface area contributed by atoms with Crippen molar-refractivity contribution in [1.29, 1.82) is 0 Å². The predicted octanol–water partition coefficient (Wildman–Crippen LogP) is 3.73. The van der Waals surface area contributed by atoms with Gasteiger partial charge in [0.2, 0.25) is 5.91 Å². The summed E-state index contributed by atoms with van der Waals surface area (Å²) in [5.41, 5.74) is 2.12. The highest BCUT2D eigenvalue weighted by Gasteiger charge is 2.60. The molecule has 6 rings (SSSR count). The fraction of sp³-hybridized carbons (Fsp3) is 0.462. The first-order valence-electron chi connectivity index (χ1n) is 11.5. The molecule has 1 aliphatic heterocycles. The summed E-state index contributed by atoms with van der Waals surface area (Å²) in [6, 6.07) is 15.6. The van der Waals surface area contributed by atoms with Crippen LogP contribution in [0, 0.1) is 17.3 Å². The number of benzene rings is 2. The average Bonchev–Trinajstić information content (AvgIpc) is 2.79. The molecule has 4 atom stereocenters. The van der Waals surface area contributed by atoms with Gasteiger partial charge < -0.3 is 20.7 Å². The first-order chi connectivity index (χ1) is 15.4. The Bertz CT molecular complexity index is 1050. The van der Waals surface area contributed by atoms with Crippen LogP contribution in [0.15, 0.2) is 48.5 Å². The van der Waals surface area contributed by atoms with Crippen LogP contribution in [0.2, 0.25) is 0 Å². The Kier molecular flexibility index (Phi) is 5.11. The Balaban J connectivity index is 1.26. The number of methoxy groups -OCH3 is 1. The summed E-state index contributed by atoms with van der Waals surface area (Å²) in [6.45, 7) is 2.82. The summed E-state index contributed by atoms with van der Waals surface area (Å²) >= 11 is 0. The van der Waals surface area contributed by atoms with Crippen molar-refractivity contribution < 1.29 is 14.3 Å². The average molecular weight is 434 g/mol. The van der Waals surface area contributed by atoms with Crippen LogP contribution in [0.1, 0.15) is 48.5 Å². The second-order valence-corrected chi connectivity index (χ2v) is 9.84. The van der Waals surface area contributed by atoms with Gasteiger partial charge in [-0.1, -0.05) is 31.2 Å². The number of hydrogen-bond donors (Lipinski definition) is 3. The maximum atomic E-state index is 13.2. The zero-order valence-corrected chi connectivity index (χ0v) is 18.7. The van der Waals surface area contributed by atoms with Crippen molar-refractivity contribution in [3.63, 3.8) is 0 Å². The van der Waals surface area contributed by atoms with Crippen LogP contribution in [0.4, 0.5) is 5.69 Å². The van der Waals surface area contributed by atoms with Crippen LogP contribution >= 0.6 is 0 Å². The van der Waals surface area contributed by atoms with E-state index in [1.165, 1.54) is 0 Å². The van der Waals surface area contributed by atoms with E-state index in [0.29, 0.717) is 12.1 Å². The summed E-state index contributed by atoms with van der Waals surface area (Å²) < 4.78 is 5.29. The SMILES string of the molecule is COc1cccc(CCNC(=O)C2CC3CCC2(C)C[C@]32NC(=O)c3ccccc3N2)c1. The summed E-state index contributed by atoms with van der Waals surface area (Å²) in [5.74, 6) is 1.15. The van der Waals surface area contributed by atoms with Crippen LogP contribution in [-0.4, -0.2) is 31.1 Å². The van der Waals surface area contributed by atoms with Gasteiger partial charge in [-0.2, -0.15) is 0 Å². The van der Waals surface area contributed by atoms with Crippen molar-refractivity contribution in [2.24, 2.45) is 17.3 Å². The number of rotatable bonds is 5. The molecule has 6 nitrogen and oxygen atoms in total. The number of anilines is 1. The van der Waals surface area contributed by atoms with Gasteiger partial charge in [0.1, 0.15) is 11.4 Å². The van der Waals surface area contributed by atoms with Crippen molar-refractivity contribution in [2.45, 2.75) is 44.7 Å². The zero-order valence-electron chi connectivity index (χ0n) is 18.7. The summed E-state index contributed by atoms with van der Waals surface area (Å²) in [4.78, 5) is 26.0. The molecular formula is C26H31N3O3. The van der Waals surface area contributed by atoms with E-state index in [0.717, 1.165) is 49.1 Å². The van der Waals surface area contributed by atoms with Crippen LogP contribution in [0.3, 0.4) is 0 Å². The van der Waals surface area contributed by atoms with Crippen LogP contribution in [-0.2, 0) is 11.2 Å². The molecular weight excluding hydrogens is 402 g/mol. The molecule has 4 aliphatic rings. The molecule has 2 bridgehead atoms. The summed E-state index contributed by atoms with van der Waals surface area (Å²) in [7, 11) is 1.66. The van der Waals surface area contributed by atoms with E-state index < -0.39 is 5.66 Å². The molecule has 0 radical (unpaired) electrons. The number of nitrogens with one attached hydrogen (secondary N) is 3. The first-order valence-corrected chi connectivity index (χ1v) is 11.5. The Morgan fingerprint density at radius 2 is 2.03 bits per heavy atom. The monoisotopic (exact) mass is 433 g/mol. The highest BCUT2D eigenvalue weighted by atomic mass is 16.5. The summed E-state index contributed by atoms with van der Waals surface area (Å²) in [6.07, 6.45) is 4.34. The third kappa shape index (κ3) is 3.51. The van der Waals surface area contributed by atoms with E-state index in [1.54, 1.807) is 7.11 Å². The maximum absolute atomic E-state index is 13.2. The van der Waals surface area contributed by atoms with Gasteiger partial charge in [-0.05, 0) is 67.3 Å². The molecule has 168 valence electrons.